The van der Waals surface area contributed by atoms with Gasteiger partial charge in [-0.05, 0) is 32.0 Å². The Morgan fingerprint density at radius 2 is 1.94 bits per heavy atom. The second-order valence-corrected chi connectivity index (χ2v) is 7.26. The highest BCUT2D eigenvalue weighted by molar-refractivity contribution is 5.44. The highest BCUT2D eigenvalue weighted by Crippen LogP contribution is 2.34. The van der Waals surface area contributed by atoms with Crippen molar-refractivity contribution in [3.05, 3.63) is 79.1 Å². The average Bonchev–Trinajstić information content (AvgIpc) is 2.71. The SMILES string of the molecule is Cc1nc(C)c(Cn2cnc(C(C)(F)F)c(Oc3cc(C#N)cc(C(F)F)c3)c2=O)c(=O)[nH]1. The summed E-state index contributed by atoms with van der Waals surface area (Å²) in [7, 11) is 0. The van der Waals surface area contributed by atoms with Crippen LogP contribution in [0, 0.1) is 25.2 Å². The van der Waals surface area contributed by atoms with E-state index in [9.17, 15) is 27.2 Å². The molecule has 33 heavy (non-hydrogen) atoms. The zero-order chi connectivity index (χ0) is 24.5. The molecule has 3 rings (SSSR count). The van der Waals surface area contributed by atoms with Crippen LogP contribution in [-0.4, -0.2) is 19.5 Å². The molecular weight excluding hydrogens is 446 g/mol. The number of nitriles is 1. The van der Waals surface area contributed by atoms with Crippen LogP contribution >= 0.6 is 0 Å². The standard InChI is InChI=1S/C21H17F4N5O3/c1-10-15(19(31)29-11(2)28-10)8-30-9-27-17(21(3,24)25)16(20(30)32)33-14-5-12(7-26)4-13(6-14)18(22)23/h4-6,9,18H,8H2,1-3H3,(H,28,29,31). The minimum atomic E-state index is -3.62. The van der Waals surface area contributed by atoms with Crippen LogP contribution in [0.4, 0.5) is 17.6 Å². The molecule has 2 aromatic heterocycles. The summed E-state index contributed by atoms with van der Waals surface area (Å²) in [6.07, 6.45) is -2.14. The van der Waals surface area contributed by atoms with Crippen molar-refractivity contribution in [1.82, 2.24) is 19.5 Å². The van der Waals surface area contributed by atoms with Crippen LogP contribution in [0.3, 0.4) is 0 Å². The zero-order valence-electron chi connectivity index (χ0n) is 17.6. The van der Waals surface area contributed by atoms with Crippen molar-refractivity contribution in [2.45, 2.75) is 39.7 Å². The van der Waals surface area contributed by atoms with Crippen molar-refractivity contribution < 1.29 is 22.3 Å². The molecule has 0 amide bonds. The summed E-state index contributed by atoms with van der Waals surface area (Å²) < 4.78 is 60.8. The first-order chi connectivity index (χ1) is 15.4. The number of aryl methyl sites for hydroxylation is 2. The molecule has 0 saturated heterocycles. The quantitative estimate of drug-likeness (QED) is 0.558. The van der Waals surface area contributed by atoms with Gasteiger partial charge in [0.25, 0.3) is 23.5 Å². The number of aromatic nitrogens is 4. The topological polar surface area (TPSA) is 114 Å². The monoisotopic (exact) mass is 463 g/mol. The molecule has 172 valence electrons. The third kappa shape index (κ3) is 5.08. The minimum Gasteiger partial charge on any atom is -0.449 e. The molecule has 12 heteroatoms. The smallest absolute Gasteiger partial charge is 0.297 e. The fraction of sp³-hybridized carbons (Fsp3) is 0.286. The lowest BCUT2D eigenvalue weighted by Gasteiger charge is -2.17. The molecule has 0 bridgehead atoms. The van der Waals surface area contributed by atoms with Gasteiger partial charge in [0.2, 0.25) is 5.75 Å². The fourth-order valence-corrected chi connectivity index (χ4v) is 3.08. The number of halogens is 4. The van der Waals surface area contributed by atoms with Crippen LogP contribution in [0.2, 0.25) is 0 Å². The lowest BCUT2D eigenvalue weighted by Crippen LogP contribution is -2.29. The molecule has 0 saturated carbocycles. The van der Waals surface area contributed by atoms with Gasteiger partial charge in [-0.25, -0.2) is 18.7 Å². The first-order valence-corrected chi connectivity index (χ1v) is 9.46. The Morgan fingerprint density at radius 1 is 1.24 bits per heavy atom. The van der Waals surface area contributed by atoms with Gasteiger partial charge >= 0.3 is 0 Å². The van der Waals surface area contributed by atoms with Gasteiger partial charge in [-0.3, -0.25) is 14.2 Å². The van der Waals surface area contributed by atoms with E-state index in [0.717, 1.165) is 29.1 Å². The van der Waals surface area contributed by atoms with Gasteiger partial charge in [0, 0.05) is 18.2 Å². The maximum absolute atomic E-state index is 14.2. The summed E-state index contributed by atoms with van der Waals surface area (Å²) in [6.45, 7) is 3.24. The van der Waals surface area contributed by atoms with Crippen molar-refractivity contribution >= 4 is 0 Å². The van der Waals surface area contributed by atoms with Gasteiger partial charge in [0.05, 0.1) is 30.1 Å². The molecule has 0 aliphatic carbocycles. The number of H-pyrrole nitrogens is 1. The van der Waals surface area contributed by atoms with Crippen LogP contribution in [0.15, 0.2) is 34.1 Å². The first-order valence-electron chi connectivity index (χ1n) is 9.46. The molecule has 0 aliphatic heterocycles. The maximum Gasteiger partial charge on any atom is 0.297 e. The average molecular weight is 463 g/mol. The molecule has 0 atom stereocenters. The van der Waals surface area contributed by atoms with Gasteiger partial charge < -0.3 is 9.72 Å². The molecule has 8 nitrogen and oxygen atoms in total. The Balaban J connectivity index is 2.15. The Bertz CT molecular complexity index is 1370. The van der Waals surface area contributed by atoms with Crippen molar-refractivity contribution in [1.29, 1.82) is 5.26 Å². The van der Waals surface area contributed by atoms with E-state index in [1.165, 1.54) is 0 Å². The minimum absolute atomic E-state index is 0.0953. The highest BCUT2D eigenvalue weighted by atomic mass is 19.3. The number of benzene rings is 1. The lowest BCUT2D eigenvalue weighted by atomic mass is 10.1. The molecular formula is C21H17F4N5O3. The number of hydrogen-bond donors (Lipinski definition) is 1. The highest BCUT2D eigenvalue weighted by Gasteiger charge is 2.33. The summed E-state index contributed by atoms with van der Waals surface area (Å²) >= 11 is 0. The summed E-state index contributed by atoms with van der Waals surface area (Å²) in [6, 6.07) is 4.43. The number of rotatable bonds is 6. The number of aromatic amines is 1. The van der Waals surface area contributed by atoms with Crippen LogP contribution in [0.5, 0.6) is 11.5 Å². The molecule has 0 radical (unpaired) electrons. The number of alkyl halides is 4. The molecule has 2 heterocycles. The van der Waals surface area contributed by atoms with Gasteiger partial charge in [-0.2, -0.15) is 14.0 Å². The van der Waals surface area contributed by atoms with Crippen molar-refractivity contribution in [3.63, 3.8) is 0 Å². The lowest BCUT2D eigenvalue weighted by molar-refractivity contribution is 0.0101. The first kappa shape index (κ1) is 23.6. The predicted octanol–water partition coefficient (Wildman–Crippen LogP) is 3.71. The molecule has 0 spiro atoms. The zero-order valence-corrected chi connectivity index (χ0v) is 17.6. The van der Waals surface area contributed by atoms with E-state index in [2.05, 4.69) is 15.0 Å². The Hall–Kier alpha value is -4.01. The normalized spacial score (nSPS) is 11.5. The summed E-state index contributed by atoms with van der Waals surface area (Å²) in [4.78, 5) is 35.5. The van der Waals surface area contributed by atoms with Crippen LogP contribution in [0.1, 0.15) is 47.3 Å². The van der Waals surface area contributed by atoms with Crippen molar-refractivity contribution in [2.24, 2.45) is 0 Å². The van der Waals surface area contributed by atoms with Crippen LogP contribution < -0.4 is 15.9 Å². The van der Waals surface area contributed by atoms with E-state index < -0.39 is 46.2 Å². The number of nitrogens with one attached hydrogen (secondary N) is 1. The van der Waals surface area contributed by atoms with Crippen molar-refractivity contribution in [2.75, 3.05) is 0 Å². The van der Waals surface area contributed by atoms with E-state index in [1.807, 2.05) is 0 Å². The fourth-order valence-electron chi connectivity index (χ4n) is 3.08. The number of nitrogens with zero attached hydrogens (tertiary/aromatic N) is 4. The number of ether oxygens (including phenoxy) is 1. The van der Waals surface area contributed by atoms with E-state index in [0.29, 0.717) is 18.4 Å². The Morgan fingerprint density at radius 3 is 2.52 bits per heavy atom. The van der Waals surface area contributed by atoms with Gasteiger partial charge in [-0.15, -0.1) is 0 Å². The van der Waals surface area contributed by atoms with Crippen molar-refractivity contribution in [3.8, 4) is 17.6 Å². The second-order valence-electron chi connectivity index (χ2n) is 7.26. The molecule has 3 aromatic rings. The Kier molecular flexibility index (Phi) is 6.34. The van der Waals surface area contributed by atoms with E-state index in [4.69, 9.17) is 10.00 Å². The number of hydrogen-bond acceptors (Lipinski definition) is 6. The summed E-state index contributed by atoms with van der Waals surface area (Å²) in [5.74, 6) is -4.61. The van der Waals surface area contributed by atoms with Gasteiger partial charge in [0.1, 0.15) is 11.6 Å². The largest absolute Gasteiger partial charge is 0.449 e. The third-order valence-corrected chi connectivity index (χ3v) is 4.61. The molecule has 0 aliphatic rings. The van der Waals surface area contributed by atoms with Crippen LogP contribution in [-0.2, 0) is 12.5 Å². The predicted molar refractivity (Wildman–Crippen MR) is 108 cm³/mol. The molecule has 1 aromatic carbocycles. The molecule has 0 fully saturated rings. The van der Waals surface area contributed by atoms with E-state index >= 15 is 0 Å². The van der Waals surface area contributed by atoms with E-state index in [1.54, 1.807) is 19.9 Å². The Labute approximate surface area is 184 Å². The van der Waals surface area contributed by atoms with Crippen LogP contribution in [0.25, 0.3) is 0 Å². The maximum atomic E-state index is 14.2. The van der Waals surface area contributed by atoms with E-state index in [-0.39, 0.29) is 17.7 Å². The second kappa shape index (κ2) is 8.85. The third-order valence-electron chi connectivity index (χ3n) is 4.61. The molecule has 1 N–H and O–H groups in total. The molecule has 0 unspecified atom stereocenters. The summed E-state index contributed by atoms with van der Waals surface area (Å²) in [5, 5.41) is 9.07. The van der Waals surface area contributed by atoms with Gasteiger partial charge in [-0.1, -0.05) is 0 Å². The van der Waals surface area contributed by atoms with Gasteiger partial charge in [0.15, 0.2) is 5.69 Å². The summed E-state index contributed by atoms with van der Waals surface area (Å²) in [5.41, 5.74) is -3.03.